The van der Waals surface area contributed by atoms with Crippen LogP contribution in [0.1, 0.15) is 35.4 Å². The van der Waals surface area contributed by atoms with E-state index in [1.807, 2.05) is 0 Å². The Kier molecular flexibility index (Phi) is 8.48. The zero-order chi connectivity index (χ0) is 30.5. The predicted octanol–water partition coefficient (Wildman–Crippen LogP) is -1.46. The van der Waals surface area contributed by atoms with Gasteiger partial charge >= 0.3 is 0 Å². The first kappa shape index (κ1) is 30.2. The molecule has 15 heteroatoms. The fourth-order valence-electron chi connectivity index (χ4n) is 5.04. The number of ketones is 1. The molecule has 11 atom stereocenters. The van der Waals surface area contributed by atoms with Crippen LogP contribution in [0, 0.1) is 0 Å². The number of aromatic hydroxyl groups is 3. The first-order valence-electron chi connectivity index (χ1n) is 13.1. The maximum Gasteiger partial charge on any atom is 0.229 e. The number of phenols is 3. The van der Waals surface area contributed by atoms with Crippen molar-refractivity contribution in [2.45, 2.75) is 80.9 Å². The third kappa shape index (κ3) is 5.70. The minimum Gasteiger partial charge on any atom is -0.507 e. The Morgan fingerprint density at radius 1 is 0.786 bits per heavy atom. The average molecular weight is 597 g/mol. The largest absolute Gasteiger partial charge is 0.507 e. The van der Waals surface area contributed by atoms with Crippen molar-refractivity contribution in [2.75, 3.05) is 6.61 Å². The van der Waals surface area contributed by atoms with Crippen molar-refractivity contribution in [3.63, 3.8) is 0 Å². The van der Waals surface area contributed by atoms with Gasteiger partial charge < -0.3 is 69.6 Å². The molecule has 0 spiro atoms. The molecule has 7 unspecified atom stereocenters. The number of phenolic OH excluding ortho intramolecular Hbond substituents is 3. The van der Waals surface area contributed by atoms with Crippen LogP contribution in [0.3, 0.4) is 0 Å². The average Bonchev–Trinajstić information content (AvgIpc) is 2.95. The zero-order valence-electron chi connectivity index (χ0n) is 22.1. The van der Waals surface area contributed by atoms with E-state index in [1.165, 1.54) is 31.2 Å². The lowest BCUT2D eigenvalue weighted by atomic mass is 9.95. The van der Waals surface area contributed by atoms with E-state index in [0.29, 0.717) is 5.56 Å². The summed E-state index contributed by atoms with van der Waals surface area (Å²) in [6, 6.07) is 6.26. The summed E-state index contributed by atoms with van der Waals surface area (Å²) < 4.78 is 27.9. The van der Waals surface area contributed by atoms with Gasteiger partial charge in [0, 0.05) is 12.1 Å². The van der Waals surface area contributed by atoms with Gasteiger partial charge in [-0.05, 0) is 24.6 Å². The molecule has 0 saturated carbocycles. The minimum absolute atomic E-state index is 0.0807. The molecule has 0 aliphatic carbocycles. The Bertz CT molecular complexity index is 1300. The number of carbonyl (C=O) groups is 1. The van der Waals surface area contributed by atoms with Crippen molar-refractivity contribution in [1.82, 2.24) is 0 Å². The van der Waals surface area contributed by atoms with Crippen molar-refractivity contribution in [2.24, 2.45) is 0 Å². The summed E-state index contributed by atoms with van der Waals surface area (Å²) in [5, 5.41) is 91.3. The second-order valence-electron chi connectivity index (χ2n) is 10.4. The topological polar surface area (TPSA) is 245 Å². The molecule has 2 fully saturated rings. The Balaban J connectivity index is 1.30. The van der Waals surface area contributed by atoms with E-state index in [0.717, 1.165) is 6.07 Å². The lowest BCUT2D eigenvalue weighted by molar-refractivity contribution is -0.318. The van der Waals surface area contributed by atoms with Gasteiger partial charge in [-0.25, -0.2) is 0 Å². The monoisotopic (exact) mass is 596 g/mol. The predicted molar refractivity (Wildman–Crippen MR) is 136 cm³/mol. The Morgan fingerprint density at radius 3 is 2.19 bits per heavy atom. The number of ether oxygens (including phenoxy) is 5. The molecule has 3 aliphatic heterocycles. The highest BCUT2D eigenvalue weighted by molar-refractivity contribution is 6.02. The van der Waals surface area contributed by atoms with Crippen LogP contribution >= 0.6 is 0 Å². The summed E-state index contributed by atoms with van der Waals surface area (Å²) in [5.74, 6) is -1.96. The normalized spacial score (nSPS) is 36.6. The van der Waals surface area contributed by atoms with Crippen LogP contribution in [0.2, 0.25) is 0 Å². The third-order valence-corrected chi connectivity index (χ3v) is 7.50. The second kappa shape index (κ2) is 11.8. The van der Waals surface area contributed by atoms with Gasteiger partial charge in [-0.15, -0.1) is 0 Å². The summed E-state index contributed by atoms with van der Waals surface area (Å²) in [5.41, 5.74) is 0.255. The number of carbonyl (C=O) groups excluding carboxylic acids is 1. The molecule has 2 aromatic rings. The molecule has 9 N–H and O–H groups in total. The summed E-state index contributed by atoms with van der Waals surface area (Å²) in [6.45, 7) is 0.949. The molecule has 2 aromatic carbocycles. The molecule has 3 aliphatic rings. The van der Waals surface area contributed by atoms with Crippen LogP contribution in [0.25, 0.3) is 0 Å². The smallest absolute Gasteiger partial charge is 0.229 e. The highest BCUT2D eigenvalue weighted by Gasteiger charge is 2.47. The first-order valence-corrected chi connectivity index (χ1v) is 13.1. The molecule has 0 radical (unpaired) electrons. The van der Waals surface area contributed by atoms with Gasteiger partial charge in [0.2, 0.25) is 6.29 Å². The number of aliphatic hydroxyl groups excluding tert-OH is 6. The molecule has 3 heterocycles. The molecular formula is C27H32O15. The number of hydrogen-bond acceptors (Lipinski definition) is 15. The van der Waals surface area contributed by atoms with Crippen molar-refractivity contribution < 1.29 is 74.4 Å². The molecule has 0 bridgehead atoms. The van der Waals surface area contributed by atoms with Crippen LogP contribution in [0.15, 0.2) is 30.3 Å². The van der Waals surface area contributed by atoms with Crippen molar-refractivity contribution in [3.05, 3.63) is 41.5 Å². The molecule has 0 amide bonds. The number of hydrogen-bond donors (Lipinski definition) is 9. The van der Waals surface area contributed by atoms with Crippen molar-refractivity contribution >= 4 is 5.78 Å². The second-order valence-corrected chi connectivity index (χ2v) is 10.4. The molecule has 0 aromatic heterocycles. The third-order valence-electron chi connectivity index (χ3n) is 7.50. The molecular weight excluding hydrogens is 564 g/mol. The van der Waals surface area contributed by atoms with Gasteiger partial charge in [-0.1, -0.05) is 6.07 Å². The fraction of sp³-hybridized carbons (Fsp3) is 0.519. The lowest BCUT2D eigenvalue weighted by Crippen LogP contribution is -2.61. The minimum atomic E-state index is -1.78. The van der Waals surface area contributed by atoms with E-state index in [2.05, 4.69) is 0 Å². The van der Waals surface area contributed by atoms with Crippen LogP contribution in [0.5, 0.6) is 28.7 Å². The SMILES string of the molecule is CC1O[C@@H](OCC2O[C@@H](Oc3cc(O)c4c(c3)OC(c3ccc(O)c(O)c3)CC4=O)C(O)C(O)[C@@H]2O)C(O)C(O)[C@H]1O. The van der Waals surface area contributed by atoms with Crippen molar-refractivity contribution in [1.29, 1.82) is 0 Å². The Morgan fingerprint density at radius 2 is 1.48 bits per heavy atom. The molecule has 5 rings (SSSR count). The van der Waals surface area contributed by atoms with E-state index >= 15 is 0 Å². The zero-order valence-corrected chi connectivity index (χ0v) is 22.1. The van der Waals surface area contributed by atoms with Gasteiger partial charge in [0.15, 0.2) is 23.6 Å². The summed E-state index contributed by atoms with van der Waals surface area (Å²) in [6.07, 6.45) is -16.1. The van der Waals surface area contributed by atoms with Crippen LogP contribution in [-0.4, -0.2) is 120 Å². The van der Waals surface area contributed by atoms with Crippen LogP contribution in [-0.2, 0) is 14.2 Å². The highest BCUT2D eigenvalue weighted by atomic mass is 16.7. The van der Waals surface area contributed by atoms with E-state index in [9.17, 15) is 50.8 Å². The van der Waals surface area contributed by atoms with Crippen LogP contribution in [0.4, 0.5) is 0 Å². The Labute approximate surface area is 238 Å². The first-order chi connectivity index (χ1) is 19.8. The van der Waals surface area contributed by atoms with E-state index in [4.69, 9.17) is 23.7 Å². The number of aliphatic hydroxyl groups is 6. The molecule has 2 saturated heterocycles. The van der Waals surface area contributed by atoms with Gasteiger partial charge in [-0.3, -0.25) is 4.79 Å². The van der Waals surface area contributed by atoms with Gasteiger partial charge in [-0.2, -0.15) is 0 Å². The number of benzene rings is 2. The molecule has 230 valence electrons. The van der Waals surface area contributed by atoms with Gasteiger partial charge in [0.25, 0.3) is 0 Å². The standard InChI is InChI=1S/C27H32O15/c1-9-20(32)22(34)24(36)26(39-9)38-8-18-21(33)23(35)25(37)27(42-18)40-11-5-14(30)19-15(31)7-16(41-17(19)6-11)10-2-3-12(28)13(29)4-10/h2-6,9,16,18,20-30,32-37H,7-8H2,1H3/t9?,16?,18?,20-,21+,22?,23?,24?,25?,26+,27+/m0/s1. The number of Topliss-reactive ketones (excluding diaryl/α,β-unsaturated/α-hetero) is 1. The summed E-state index contributed by atoms with van der Waals surface area (Å²) in [4.78, 5) is 12.8. The maximum absolute atomic E-state index is 12.8. The Hall–Kier alpha value is -3.25. The number of rotatable bonds is 6. The van der Waals surface area contributed by atoms with Crippen molar-refractivity contribution in [3.8, 4) is 28.7 Å². The highest BCUT2D eigenvalue weighted by Crippen LogP contribution is 2.43. The van der Waals surface area contributed by atoms with E-state index in [-0.39, 0.29) is 29.2 Å². The van der Waals surface area contributed by atoms with Crippen LogP contribution < -0.4 is 9.47 Å². The van der Waals surface area contributed by atoms with E-state index < -0.39 is 91.4 Å². The summed E-state index contributed by atoms with van der Waals surface area (Å²) >= 11 is 0. The molecule has 15 nitrogen and oxygen atoms in total. The van der Waals surface area contributed by atoms with E-state index in [1.54, 1.807) is 0 Å². The lowest BCUT2D eigenvalue weighted by Gasteiger charge is -2.42. The maximum atomic E-state index is 12.8. The molecule has 42 heavy (non-hydrogen) atoms. The quantitative estimate of drug-likeness (QED) is 0.173. The summed E-state index contributed by atoms with van der Waals surface area (Å²) in [7, 11) is 0. The fourth-order valence-corrected chi connectivity index (χ4v) is 5.04. The number of fused-ring (bicyclic) bond motifs is 1. The van der Waals surface area contributed by atoms with Gasteiger partial charge in [0.1, 0.15) is 71.6 Å². The van der Waals surface area contributed by atoms with Gasteiger partial charge in [0.05, 0.1) is 19.1 Å².